The zero-order valence-corrected chi connectivity index (χ0v) is 16.7. The van der Waals surface area contributed by atoms with Gasteiger partial charge in [0.25, 0.3) is 0 Å². The first-order valence-electron chi connectivity index (χ1n) is 9.81. The normalized spacial score (nSPS) is 14.9. The first-order chi connectivity index (χ1) is 14.1. The first-order valence-corrected chi connectivity index (χ1v) is 9.81. The van der Waals surface area contributed by atoms with Crippen molar-refractivity contribution in [3.63, 3.8) is 0 Å². The fourth-order valence-electron chi connectivity index (χ4n) is 3.75. The van der Waals surface area contributed by atoms with Crippen molar-refractivity contribution >= 4 is 11.7 Å². The van der Waals surface area contributed by atoms with E-state index in [0.29, 0.717) is 17.6 Å². The van der Waals surface area contributed by atoms with E-state index in [2.05, 4.69) is 26.7 Å². The van der Waals surface area contributed by atoms with Gasteiger partial charge in [0.2, 0.25) is 0 Å². The van der Waals surface area contributed by atoms with Crippen molar-refractivity contribution in [1.29, 1.82) is 0 Å². The van der Waals surface area contributed by atoms with Crippen LogP contribution in [0.2, 0.25) is 0 Å². The van der Waals surface area contributed by atoms with E-state index in [9.17, 15) is 4.79 Å². The highest BCUT2D eigenvalue weighted by Gasteiger charge is 2.24. The van der Waals surface area contributed by atoms with E-state index in [1.54, 1.807) is 12.4 Å². The molecule has 152 valence electrons. The average molecular weight is 394 g/mol. The monoisotopic (exact) mass is 394 g/mol. The molecule has 1 aliphatic heterocycles. The molecule has 1 saturated heterocycles. The Morgan fingerprint density at radius 2 is 1.76 bits per heavy atom. The van der Waals surface area contributed by atoms with Gasteiger partial charge in [0.05, 0.1) is 0 Å². The second-order valence-corrected chi connectivity index (χ2v) is 7.34. The van der Waals surface area contributed by atoms with E-state index >= 15 is 0 Å². The molecule has 0 spiro atoms. The van der Waals surface area contributed by atoms with Gasteiger partial charge in [-0.15, -0.1) is 0 Å². The number of anilines is 1. The van der Waals surface area contributed by atoms with Gasteiger partial charge in [-0.1, -0.05) is 12.1 Å². The summed E-state index contributed by atoms with van der Waals surface area (Å²) >= 11 is 0. The summed E-state index contributed by atoms with van der Waals surface area (Å²) in [5.41, 5.74) is 2.00. The number of hydrogen-bond acceptors (Lipinski definition) is 4. The van der Waals surface area contributed by atoms with Crippen LogP contribution in [0.5, 0.6) is 0 Å². The summed E-state index contributed by atoms with van der Waals surface area (Å²) in [7, 11) is 3.80. The molecule has 0 radical (unpaired) electrons. The van der Waals surface area contributed by atoms with Gasteiger partial charge in [0, 0.05) is 57.8 Å². The van der Waals surface area contributed by atoms with E-state index in [-0.39, 0.29) is 6.03 Å². The van der Waals surface area contributed by atoms with Crippen molar-refractivity contribution in [2.75, 3.05) is 18.5 Å². The van der Waals surface area contributed by atoms with Gasteiger partial charge < -0.3 is 24.5 Å². The van der Waals surface area contributed by atoms with Crippen molar-refractivity contribution in [3.8, 4) is 0 Å². The van der Waals surface area contributed by atoms with Crippen LogP contribution in [0.4, 0.5) is 10.5 Å². The van der Waals surface area contributed by atoms with Crippen LogP contribution in [0, 0.1) is 0 Å². The summed E-state index contributed by atoms with van der Waals surface area (Å²) in [5, 5.41) is 5.97. The molecule has 0 atom stereocenters. The largest absolute Gasteiger partial charge is 0.381 e. The third-order valence-electron chi connectivity index (χ3n) is 5.35. The smallest absolute Gasteiger partial charge is 0.320 e. The van der Waals surface area contributed by atoms with E-state index < -0.39 is 6.04 Å². The Morgan fingerprint density at radius 1 is 1.10 bits per heavy atom. The molecule has 0 aliphatic carbocycles. The number of carbonyl (C=O) groups is 1. The highest BCUT2D eigenvalue weighted by molar-refractivity contribution is 5.89. The van der Waals surface area contributed by atoms with Crippen LogP contribution in [-0.2, 0) is 18.8 Å². The van der Waals surface area contributed by atoms with Gasteiger partial charge in [-0.3, -0.25) is 0 Å². The number of amides is 2. The van der Waals surface area contributed by atoms with Crippen molar-refractivity contribution in [3.05, 3.63) is 66.3 Å². The van der Waals surface area contributed by atoms with Crippen LogP contribution in [0.25, 0.3) is 0 Å². The zero-order chi connectivity index (χ0) is 20.2. The highest BCUT2D eigenvalue weighted by atomic mass is 16.5. The van der Waals surface area contributed by atoms with Gasteiger partial charge in [0.1, 0.15) is 17.7 Å². The molecule has 1 aliphatic rings. The second kappa shape index (κ2) is 8.48. The number of aromatic nitrogens is 4. The van der Waals surface area contributed by atoms with E-state index in [1.807, 2.05) is 53.8 Å². The van der Waals surface area contributed by atoms with Crippen LogP contribution in [-0.4, -0.2) is 38.3 Å². The van der Waals surface area contributed by atoms with Gasteiger partial charge in [-0.2, -0.15) is 0 Å². The van der Waals surface area contributed by atoms with E-state index in [0.717, 1.165) is 31.7 Å². The number of nitrogens with zero attached hydrogens (tertiary/aromatic N) is 4. The molecule has 4 rings (SSSR count). The van der Waals surface area contributed by atoms with Crippen molar-refractivity contribution in [2.45, 2.75) is 24.8 Å². The summed E-state index contributed by atoms with van der Waals surface area (Å²) in [6.45, 7) is 1.58. The van der Waals surface area contributed by atoms with Gasteiger partial charge in [0.15, 0.2) is 0 Å². The number of rotatable bonds is 5. The lowest BCUT2D eigenvalue weighted by Gasteiger charge is -2.23. The molecule has 3 heterocycles. The third kappa shape index (κ3) is 4.32. The number of carbonyl (C=O) groups excluding carboxylic acids is 1. The number of ether oxygens (including phenoxy) is 1. The molecule has 8 heteroatoms. The molecule has 0 bridgehead atoms. The van der Waals surface area contributed by atoms with E-state index in [1.165, 1.54) is 5.56 Å². The first kappa shape index (κ1) is 19.2. The van der Waals surface area contributed by atoms with Crippen molar-refractivity contribution in [2.24, 2.45) is 14.1 Å². The van der Waals surface area contributed by atoms with Crippen LogP contribution < -0.4 is 10.6 Å². The predicted octanol–water partition coefficient (Wildman–Crippen LogP) is 2.96. The van der Waals surface area contributed by atoms with Crippen molar-refractivity contribution < 1.29 is 9.53 Å². The fourth-order valence-corrected chi connectivity index (χ4v) is 3.75. The second-order valence-electron chi connectivity index (χ2n) is 7.34. The molecular weight excluding hydrogens is 368 g/mol. The minimum absolute atomic E-state index is 0.301. The van der Waals surface area contributed by atoms with Crippen molar-refractivity contribution in [1.82, 2.24) is 24.4 Å². The lowest BCUT2D eigenvalue weighted by Crippen LogP contribution is -2.35. The summed E-state index contributed by atoms with van der Waals surface area (Å²) in [4.78, 5) is 21.6. The van der Waals surface area contributed by atoms with Crippen LogP contribution in [0.15, 0.2) is 49.1 Å². The number of benzene rings is 1. The lowest BCUT2D eigenvalue weighted by atomic mass is 9.91. The van der Waals surface area contributed by atoms with Gasteiger partial charge in [-0.25, -0.2) is 14.8 Å². The molecule has 2 N–H and O–H groups in total. The lowest BCUT2D eigenvalue weighted by molar-refractivity contribution is 0.0853. The Balaban J connectivity index is 1.50. The topological polar surface area (TPSA) is 86.0 Å². The quantitative estimate of drug-likeness (QED) is 0.697. The maximum Gasteiger partial charge on any atom is 0.320 e. The summed E-state index contributed by atoms with van der Waals surface area (Å²) in [5.74, 6) is 1.90. The minimum atomic E-state index is -0.464. The molecule has 1 aromatic carbocycles. The number of hydrogen-bond donors (Lipinski definition) is 2. The standard InChI is InChI=1S/C21H26N6O2/c1-26-10-8-22-19(26)18(20-23-9-11-27(20)2)25-21(28)24-17-5-3-4-16(14-17)15-6-12-29-13-7-15/h3-5,8-11,14-15,18H,6-7,12-13H2,1-2H3,(H2,24,25,28). The van der Waals surface area contributed by atoms with Gasteiger partial charge in [-0.05, 0) is 36.5 Å². The molecule has 1 fully saturated rings. The summed E-state index contributed by atoms with van der Waals surface area (Å²) in [6, 6.07) is 7.28. The molecule has 8 nitrogen and oxygen atoms in total. The number of urea groups is 1. The molecule has 0 saturated carbocycles. The maximum atomic E-state index is 12.8. The number of imidazole rings is 2. The Morgan fingerprint density at radius 3 is 2.34 bits per heavy atom. The van der Waals surface area contributed by atoms with Crippen LogP contribution >= 0.6 is 0 Å². The predicted molar refractivity (Wildman–Crippen MR) is 110 cm³/mol. The summed E-state index contributed by atoms with van der Waals surface area (Å²) < 4.78 is 9.21. The Labute approximate surface area is 169 Å². The maximum absolute atomic E-state index is 12.8. The molecule has 2 amide bonds. The minimum Gasteiger partial charge on any atom is -0.381 e. The SMILES string of the molecule is Cn1ccnc1C(NC(=O)Nc1cccc(C2CCOCC2)c1)c1nccn1C. The van der Waals surface area contributed by atoms with Crippen LogP contribution in [0.1, 0.15) is 42.0 Å². The molecule has 29 heavy (non-hydrogen) atoms. The van der Waals surface area contributed by atoms with E-state index in [4.69, 9.17) is 4.74 Å². The van der Waals surface area contributed by atoms with Crippen LogP contribution in [0.3, 0.4) is 0 Å². The summed E-state index contributed by atoms with van der Waals surface area (Å²) in [6.07, 6.45) is 9.14. The number of nitrogens with one attached hydrogen (secondary N) is 2. The Bertz CT molecular complexity index is 933. The number of aryl methyl sites for hydroxylation is 2. The zero-order valence-electron chi connectivity index (χ0n) is 16.7. The molecule has 2 aromatic heterocycles. The molecular formula is C21H26N6O2. The Kier molecular flexibility index (Phi) is 5.62. The third-order valence-corrected chi connectivity index (χ3v) is 5.35. The Hall–Kier alpha value is -3.13. The fraction of sp³-hybridized carbons (Fsp3) is 0.381. The van der Waals surface area contributed by atoms with Gasteiger partial charge >= 0.3 is 6.03 Å². The highest BCUT2D eigenvalue weighted by Crippen LogP contribution is 2.28. The molecule has 3 aromatic rings. The molecule has 0 unspecified atom stereocenters. The average Bonchev–Trinajstić information content (AvgIpc) is 3.35.